The van der Waals surface area contributed by atoms with E-state index in [2.05, 4.69) is 10.4 Å². The summed E-state index contributed by atoms with van der Waals surface area (Å²) in [7, 11) is 5.84. The fourth-order valence-corrected chi connectivity index (χ4v) is 2.02. The average molecular weight is 338 g/mol. The van der Waals surface area contributed by atoms with Crippen molar-refractivity contribution in [2.45, 2.75) is 0 Å². The van der Waals surface area contributed by atoms with Gasteiger partial charge in [-0.1, -0.05) is 0 Å². The third-order valence-corrected chi connectivity index (χ3v) is 3.16. The molecular formula is C15H16F2N4O3. The molecule has 24 heavy (non-hydrogen) atoms. The number of nitrogens with zero attached hydrogens (tertiary/aromatic N) is 3. The van der Waals surface area contributed by atoms with E-state index in [1.807, 2.05) is 0 Å². The molecule has 2 aromatic rings. The summed E-state index contributed by atoms with van der Waals surface area (Å²) in [5, 5.41) is 6.27. The minimum Gasteiger partial charge on any atom is -0.497 e. The molecule has 0 spiro atoms. The van der Waals surface area contributed by atoms with E-state index in [0.29, 0.717) is 0 Å². The van der Waals surface area contributed by atoms with Crippen LogP contribution >= 0.6 is 0 Å². The number of benzene rings is 1. The first-order chi connectivity index (χ1) is 11.2. The van der Waals surface area contributed by atoms with Crippen LogP contribution in [0.2, 0.25) is 0 Å². The van der Waals surface area contributed by atoms with Gasteiger partial charge in [-0.15, -0.1) is 0 Å². The maximum Gasteiger partial charge on any atom is 0.276 e. The summed E-state index contributed by atoms with van der Waals surface area (Å²) < 4.78 is 34.0. The molecule has 0 atom stereocenters. The van der Waals surface area contributed by atoms with Crippen molar-refractivity contribution in [3.8, 4) is 5.75 Å². The number of hydrogen-bond acceptors (Lipinski definition) is 4. The van der Waals surface area contributed by atoms with Crippen LogP contribution in [0.3, 0.4) is 0 Å². The van der Waals surface area contributed by atoms with Crippen LogP contribution in [0.1, 0.15) is 20.8 Å². The number of aromatic nitrogens is 2. The third kappa shape index (κ3) is 3.34. The maximum absolute atomic E-state index is 14.0. The first kappa shape index (κ1) is 17.4. The van der Waals surface area contributed by atoms with Crippen LogP contribution in [0.4, 0.5) is 14.5 Å². The minimum atomic E-state index is -1.08. The summed E-state index contributed by atoms with van der Waals surface area (Å²) in [6, 6.07) is 1.79. The Morgan fingerprint density at radius 1 is 1.25 bits per heavy atom. The Kier molecular flexibility index (Phi) is 4.82. The number of methoxy groups -OCH3 is 1. The number of carbonyl (C=O) groups is 2. The van der Waals surface area contributed by atoms with Gasteiger partial charge in [-0.05, 0) is 0 Å². The first-order valence-corrected chi connectivity index (χ1v) is 6.84. The van der Waals surface area contributed by atoms with Crippen molar-refractivity contribution >= 4 is 17.5 Å². The molecule has 128 valence electrons. The molecule has 7 nitrogen and oxygen atoms in total. The lowest BCUT2D eigenvalue weighted by Crippen LogP contribution is -2.24. The van der Waals surface area contributed by atoms with Crippen LogP contribution in [-0.2, 0) is 7.05 Å². The minimum absolute atomic E-state index is 0.0369. The predicted molar refractivity (Wildman–Crippen MR) is 82.1 cm³/mol. The molecule has 1 aromatic heterocycles. The van der Waals surface area contributed by atoms with Gasteiger partial charge >= 0.3 is 0 Å². The van der Waals surface area contributed by atoms with Crippen LogP contribution in [0.25, 0.3) is 0 Å². The SMILES string of the molecule is COc1cc(F)c(C(=O)Nc2cn(C)nc2C(=O)N(C)C)c(F)c1. The number of halogens is 2. The topological polar surface area (TPSA) is 76.5 Å². The molecule has 0 aliphatic rings. The third-order valence-electron chi connectivity index (χ3n) is 3.16. The summed E-state index contributed by atoms with van der Waals surface area (Å²) in [5.41, 5.74) is -0.760. The molecule has 0 bridgehead atoms. The van der Waals surface area contributed by atoms with Gasteiger partial charge in [0.25, 0.3) is 11.8 Å². The molecule has 2 amide bonds. The molecular weight excluding hydrogens is 322 g/mol. The van der Waals surface area contributed by atoms with Crippen molar-refractivity contribution in [2.75, 3.05) is 26.5 Å². The fourth-order valence-electron chi connectivity index (χ4n) is 2.02. The van der Waals surface area contributed by atoms with E-state index in [-0.39, 0.29) is 17.1 Å². The van der Waals surface area contributed by atoms with E-state index in [1.165, 1.54) is 37.0 Å². The van der Waals surface area contributed by atoms with Crippen LogP contribution < -0.4 is 10.1 Å². The van der Waals surface area contributed by atoms with Crippen LogP contribution in [0.5, 0.6) is 5.75 Å². The Morgan fingerprint density at radius 2 is 1.83 bits per heavy atom. The second kappa shape index (κ2) is 6.65. The molecule has 9 heteroatoms. The Balaban J connectivity index is 2.36. The molecule has 0 radical (unpaired) electrons. The lowest BCUT2D eigenvalue weighted by atomic mass is 10.1. The van der Waals surface area contributed by atoms with Crippen LogP contribution in [0, 0.1) is 11.6 Å². The zero-order valence-corrected chi connectivity index (χ0v) is 13.6. The maximum atomic E-state index is 14.0. The zero-order chi connectivity index (χ0) is 18.0. The second-order valence-corrected chi connectivity index (χ2v) is 5.18. The van der Waals surface area contributed by atoms with Gasteiger partial charge in [-0.3, -0.25) is 14.3 Å². The number of rotatable bonds is 4. The van der Waals surface area contributed by atoms with Crippen molar-refractivity contribution in [3.63, 3.8) is 0 Å². The van der Waals surface area contributed by atoms with Crippen molar-refractivity contribution < 1.29 is 23.1 Å². The number of ether oxygens (including phenoxy) is 1. The Morgan fingerprint density at radius 3 is 2.33 bits per heavy atom. The zero-order valence-electron chi connectivity index (χ0n) is 13.6. The molecule has 2 rings (SSSR count). The lowest BCUT2D eigenvalue weighted by molar-refractivity contribution is 0.0822. The average Bonchev–Trinajstić information content (AvgIpc) is 2.85. The number of aryl methyl sites for hydroxylation is 1. The molecule has 0 aliphatic heterocycles. The quantitative estimate of drug-likeness (QED) is 0.920. The number of nitrogens with one attached hydrogen (secondary N) is 1. The highest BCUT2D eigenvalue weighted by Gasteiger charge is 2.23. The predicted octanol–water partition coefficient (Wildman–Crippen LogP) is 1.66. The second-order valence-electron chi connectivity index (χ2n) is 5.18. The van der Waals surface area contributed by atoms with Gasteiger partial charge in [0, 0.05) is 39.5 Å². The number of carbonyl (C=O) groups excluding carboxylic acids is 2. The van der Waals surface area contributed by atoms with Gasteiger partial charge in [0.2, 0.25) is 0 Å². The van der Waals surface area contributed by atoms with Gasteiger partial charge < -0.3 is 15.0 Å². The Bertz CT molecular complexity index is 779. The summed E-state index contributed by atoms with van der Waals surface area (Å²) in [5.74, 6) is -3.69. The summed E-state index contributed by atoms with van der Waals surface area (Å²) in [6.07, 6.45) is 1.37. The molecule has 1 N–H and O–H groups in total. The van der Waals surface area contributed by atoms with Crippen LogP contribution in [-0.4, -0.2) is 47.7 Å². The lowest BCUT2D eigenvalue weighted by Gasteiger charge is -2.11. The summed E-state index contributed by atoms with van der Waals surface area (Å²) in [4.78, 5) is 25.5. The highest BCUT2D eigenvalue weighted by Crippen LogP contribution is 2.22. The van der Waals surface area contributed by atoms with Crippen molar-refractivity contribution in [2.24, 2.45) is 7.05 Å². The molecule has 0 saturated heterocycles. The standard InChI is InChI=1S/C15H16F2N4O3/c1-20(2)15(23)13-11(7-21(3)19-13)18-14(22)12-9(16)5-8(24-4)6-10(12)17/h5-7H,1-4H3,(H,18,22). The van der Waals surface area contributed by atoms with Gasteiger partial charge in [0.15, 0.2) is 5.69 Å². The first-order valence-electron chi connectivity index (χ1n) is 6.84. The monoisotopic (exact) mass is 338 g/mol. The van der Waals surface area contributed by atoms with Gasteiger partial charge in [-0.25, -0.2) is 8.78 Å². The molecule has 1 heterocycles. The normalized spacial score (nSPS) is 10.4. The Hall–Kier alpha value is -2.97. The number of hydrogen-bond donors (Lipinski definition) is 1. The summed E-state index contributed by atoms with van der Waals surface area (Å²) in [6.45, 7) is 0. The largest absolute Gasteiger partial charge is 0.497 e. The van der Waals surface area contributed by atoms with E-state index in [1.54, 1.807) is 7.05 Å². The van der Waals surface area contributed by atoms with Gasteiger partial charge in [0.1, 0.15) is 22.9 Å². The number of amides is 2. The van der Waals surface area contributed by atoms with E-state index < -0.39 is 29.0 Å². The molecule has 0 aliphatic carbocycles. The number of anilines is 1. The van der Waals surface area contributed by atoms with Crippen molar-refractivity contribution in [3.05, 3.63) is 41.2 Å². The smallest absolute Gasteiger partial charge is 0.276 e. The Labute approximate surface area is 136 Å². The molecule has 0 saturated carbocycles. The van der Waals surface area contributed by atoms with Gasteiger partial charge in [-0.2, -0.15) is 5.10 Å². The van der Waals surface area contributed by atoms with E-state index in [4.69, 9.17) is 4.74 Å². The molecule has 0 unspecified atom stereocenters. The van der Waals surface area contributed by atoms with Gasteiger partial charge in [0.05, 0.1) is 12.8 Å². The summed E-state index contributed by atoms with van der Waals surface area (Å²) >= 11 is 0. The van der Waals surface area contributed by atoms with E-state index in [9.17, 15) is 18.4 Å². The van der Waals surface area contributed by atoms with E-state index >= 15 is 0 Å². The van der Waals surface area contributed by atoms with E-state index in [0.717, 1.165) is 12.1 Å². The highest BCUT2D eigenvalue weighted by molar-refractivity contribution is 6.08. The molecule has 0 fully saturated rings. The van der Waals surface area contributed by atoms with Crippen molar-refractivity contribution in [1.29, 1.82) is 0 Å². The molecule has 1 aromatic carbocycles. The fraction of sp³-hybridized carbons (Fsp3) is 0.267. The van der Waals surface area contributed by atoms with Crippen LogP contribution in [0.15, 0.2) is 18.3 Å². The highest BCUT2D eigenvalue weighted by atomic mass is 19.1. The van der Waals surface area contributed by atoms with Crippen molar-refractivity contribution in [1.82, 2.24) is 14.7 Å².